The van der Waals surface area contributed by atoms with Gasteiger partial charge in [0.15, 0.2) is 5.16 Å². The van der Waals surface area contributed by atoms with E-state index in [4.69, 9.17) is 0 Å². The Morgan fingerprint density at radius 1 is 1.19 bits per heavy atom. The van der Waals surface area contributed by atoms with Crippen molar-refractivity contribution in [2.75, 3.05) is 5.75 Å². The Morgan fingerprint density at radius 3 is 2.88 bits per heavy atom. The SMILES string of the molecule is [CH2]CCCCCSc1nc2ccccc2[nH]1. The molecule has 0 bridgehead atoms. The van der Waals surface area contributed by atoms with Gasteiger partial charge in [-0.15, -0.1) is 0 Å². The highest BCUT2D eigenvalue weighted by Gasteiger charge is 2.01. The molecule has 2 aromatic rings. The molecular formula is C13H17N2S. The predicted molar refractivity (Wildman–Crippen MR) is 70.6 cm³/mol. The summed E-state index contributed by atoms with van der Waals surface area (Å²) < 4.78 is 0. The van der Waals surface area contributed by atoms with Crippen molar-refractivity contribution in [3.05, 3.63) is 31.2 Å². The van der Waals surface area contributed by atoms with Crippen LogP contribution in [0.1, 0.15) is 25.7 Å². The lowest BCUT2D eigenvalue weighted by Crippen LogP contribution is -1.82. The van der Waals surface area contributed by atoms with E-state index in [1.807, 2.05) is 30.0 Å². The second-order valence-corrected chi connectivity index (χ2v) is 4.91. The maximum atomic E-state index is 4.53. The average molecular weight is 233 g/mol. The summed E-state index contributed by atoms with van der Waals surface area (Å²) in [5.41, 5.74) is 2.19. The number of nitrogens with zero attached hydrogens (tertiary/aromatic N) is 1. The fourth-order valence-electron chi connectivity index (χ4n) is 1.62. The fraction of sp³-hybridized carbons (Fsp3) is 0.385. The van der Waals surface area contributed by atoms with Gasteiger partial charge >= 0.3 is 0 Å². The van der Waals surface area contributed by atoms with Gasteiger partial charge in [0.25, 0.3) is 0 Å². The summed E-state index contributed by atoms with van der Waals surface area (Å²) in [4.78, 5) is 7.85. The van der Waals surface area contributed by atoms with E-state index in [0.717, 1.165) is 28.4 Å². The molecule has 1 radical (unpaired) electrons. The second-order valence-electron chi connectivity index (χ2n) is 3.82. The van der Waals surface area contributed by atoms with Crippen molar-refractivity contribution in [3.8, 4) is 0 Å². The zero-order valence-electron chi connectivity index (χ0n) is 9.41. The highest BCUT2D eigenvalue weighted by Crippen LogP contribution is 2.20. The van der Waals surface area contributed by atoms with Crippen LogP contribution in [0.3, 0.4) is 0 Å². The number of H-pyrrole nitrogens is 1. The van der Waals surface area contributed by atoms with Crippen LogP contribution in [0, 0.1) is 6.92 Å². The second kappa shape index (κ2) is 5.94. The van der Waals surface area contributed by atoms with Gasteiger partial charge in [-0.2, -0.15) is 0 Å². The Balaban J connectivity index is 1.85. The fourth-order valence-corrected chi connectivity index (χ4v) is 2.51. The molecule has 0 amide bonds. The summed E-state index contributed by atoms with van der Waals surface area (Å²) >= 11 is 1.81. The summed E-state index contributed by atoms with van der Waals surface area (Å²) in [6.45, 7) is 3.84. The maximum Gasteiger partial charge on any atom is 0.166 e. The van der Waals surface area contributed by atoms with Gasteiger partial charge in [-0.1, -0.05) is 50.1 Å². The molecule has 2 nitrogen and oxygen atoms in total. The zero-order valence-corrected chi connectivity index (χ0v) is 10.2. The number of unbranched alkanes of at least 4 members (excludes halogenated alkanes) is 3. The number of aromatic nitrogens is 2. The quantitative estimate of drug-likeness (QED) is 0.602. The first-order valence-electron chi connectivity index (χ1n) is 5.77. The van der Waals surface area contributed by atoms with Crippen molar-refractivity contribution in [1.29, 1.82) is 0 Å². The topological polar surface area (TPSA) is 28.7 Å². The van der Waals surface area contributed by atoms with Crippen LogP contribution in [-0.2, 0) is 0 Å². The van der Waals surface area contributed by atoms with E-state index in [1.54, 1.807) is 0 Å². The summed E-state index contributed by atoms with van der Waals surface area (Å²) in [7, 11) is 0. The molecular weight excluding hydrogens is 216 g/mol. The summed E-state index contributed by atoms with van der Waals surface area (Å²) in [5.74, 6) is 1.14. The summed E-state index contributed by atoms with van der Waals surface area (Å²) in [5, 5.41) is 1.04. The van der Waals surface area contributed by atoms with Gasteiger partial charge in [0.05, 0.1) is 11.0 Å². The molecule has 0 fully saturated rings. The normalized spacial score (nSPS) is 11.1. The van der Waals surface area contributed by atoms with Gasteiger partial charge in [0.2, 0.25) is 0 Å². The number of rotatable bonds is 6. The third-order valence-electron chi connectivity index (χ3n) is 2.50. The molecule has 0 aliphatic rings. The highest BCUT2D eigenvalue weighted by atomic mass is 32.2. The van der Waals surface area contributed by atoms with Crippen molar-refractivity contribution in [3.63, 3.8) is 0 Å². The van der Waals surface area contributed by atoms with E-state index in [1.165, 1.54) is 19.3 Å². The molecule has 1 N–H and O–H groups in total. The van der Waals surface area contributed by atoms with Crippen molar-refractivity contribution in [1.82, 2.24) is 9.97 Å². The van der Waals surface area contributed by atoms with Crippen LogP contribution in [0.5, 0.6) is 0 Å². The minimum Gasteiger partial charge on any atom is -0.333 e. The number of para-hydroxylation sites is 2. The number of aromatic amines is 1. The van der Waals surface area contributed by atoms with E-state index < -0.39 is 0 Å². The first kappa shape index (κ1) is 11.5. The minimum atomic E-state index is 1.04. The Labute approximate surface area is 101 Å². The highest BCUT2D eigenvalue weighted by molar-refractivity contribution is 7.99. The van der Waals surface area contributed by atoms with Crippen LogP contribution in [0.15, 0.2) is 29.4 Å². The van der Waals surface area contributed by atoms with E-state index in [0.29, 0.717) is 0 Å². The number of nitrogens with one attached hydrogen (secondary N) is 1. The number of thioether (sulfide) groups is 1. The smallest absolute Gasteiger partial charge is 0.166 e. The molecule has 3 heteroatoms. The molecule has 0 saturated carbocycles. The molecule has 1 aromatic carbocycles. The molecule has 0 spiro atoms. The van der Waals surface area contributed by atoms with Gasteiger partial charge in [0, 0.05) is 5.75 Å². The number of fused-ring (bicyclic) bond motifs is 1. The monoisotopic (exact) mass is 233 g/mol. The van der Waals surface area contributed by atoms with Crippen LogP contribution in [0.4, 0.5) is 0 Å². The average Bonchev–Trinajstić information content (AvgIpc) is 2.71. The van der Waals surface area contributed by atoms with Gasteiger partial charge in [0.1, 0.15) is 0 Å². The van der Waals surface area contributed by atoms with Crippen LogP contribution >= 0.6 is 11.8 Å². The molecule has 1 heterocycles. The Bertz CT molecular complexity index is 403. The van der Waals surface area contributed by atoms with E-state index >= 15 is 0 Å². The molecule has 0 unspecified atom stereocenters. The van der Waals surface area contributed by atoms with Gasteiger partial charge in [-0.3, -0.25) is 0 Å². The van der Waals surface area contributed by atoms with Crippen molar-refractivity contribution in [2.45, 2.75) is 30.8 Å². The largest absolute Gasteiger partial charge is 0.333 e. The zero-order chi connectivity index (χ0) is 11.2. The van der Waals surface area contributed by atoms with Gasteiger partial charge in [-0.05, 0) is 18.6 Å². The summed E-state index contributed by atoms with van der Waals surface area (Å²) in [6, 6.07) is 8.16. The standard InChI is InChI=1S/C13H17N2S/c1-2-3-4-7-10-16-13-14-11-8-5-6-9-12(11)15-13/h5-6,8-9H,1-4,7,10H2,(H,14,15). The van der Waals surface area contributed by atoms with E-state index in [9.17, 15) is 0 Å². The molecule has 16 heavy (non-hydrogen) atoms. The van der Waals surface area contributed by atoms with Crippen molar-refractivity contribution < 1.29 is 0 Å². The molecule has 0 aliphatic heterocycles. The molecule has 0 saturated heterocycles. The van der Waals surface area contributed by atoms with Crippen molar-refractivity contribution >= 4 is 22.8 Å². The maximum absolute atomic E-state index is 4.53. The third kappa shape index (κ3) is 3.01. The molecule has 85 valence electrons. The van der Waals surface area contributed by atoms with E-state index in [2.05, 4.69) is 23.0 Å². The number of imidazole rings is 1. The van der Waals surface area contributed by atoms with Crippen LogP contribution in [0.25, 0.3) is 11.0 Å². The first-order chi connectivity index (χ1) is 7.90. The summed E-state index contributed by atoms with van der Waals surface area (Å²) in [6.07, 6.45) is 4.81. The minimum absolute atomic E-state index is 1.04. The molecule has 2 rings (SSSR count). The van der Waals surface area contributed by atoms with Crippen molar-refractivity contribution in [2.24, 2.45) is 0 Å². The lowest BCUT2D eigenvalue weighted by Gasteiger charge is -1.97. The molecule has 1 aromatic heterocycles. The molecule has 0 aliphatic carbocycles. The van der Waals surface area contributed by atoms with Gasteiger partial charge < -0.3 is 4.98 Å². The van der Waals surface area contributed by atoms with Crippen LogP contribution in [0.2, 0.25) is 0 Å². The first-order valence-corrected chi connectivity index (χ1v) is 6.75. The number of hydrogen-bond acceptors (Lipinski definition) is 2. The van der Waals surface area contributed by atoms with Gasteiger partial charge in [-0.25, -0.2) is 4.98 Å². The number of benzene rings is 1. The Kier molecular flexibility index (Phi) is 4.28. The third-order valence-corrected chi connectivity index (χ3v) is 3.46. The lowest BCUT2D eigenvalue weighted by molar-refractivity contribution is 0.732. The predicted octanol–water partition coefficient (Wildman–Crippen LogP) is 4.05. The Morgan fingerprint density at radius 2 is 2.06 bits per heavy atom. The number of hydrogen-bond donors (Lipinski definition) is 1. The van der Waals surface area contributed by atoms with E-state index in [-0.39, 0.29) is 0 Å². The Hall–Kier alpha value is -0.960. The van der Waals surface area contributed by atoms with Crippen LogP contribution in [-0.4, -0.2) is 15.7 Å². The van der Waals surface area contributed by atoms with Crippen LogP contribution < -0.4 is 0 Å². The molecule has 0 atom stereocenters. The lowest BCUT2D eigenvalue weighted by atomic mass is 10.2.